The molecule has 1 aromatic heterocycles. The Morgan fingerprint density at radius 2 is 1.97 bits per heavy atom. The Kier molecular flexibility index (Phi) is 8.58. The van der Waals surface area contributed by atoms with E-state index in [-0.39, 0.29) is 5.41 Å². The summed E-state index contributed by atoms with van der Waals surface area (Å²) in [5, 5.41) is 10.6. The summed E-state index contributed by atoms with van der Waals surface area (Å²) in [6.07, 6.45) is 5.11. The highest BCUT2D eigenvalue weighted by Gasteiger charge is 2.27. The lowest BCUT2D eigenvalue weighted by Crippen LogP contribution is -2.26. The van der Waals surface area contributed by atoms with Gasteiger partial charge in [-0.3, -0.25) is 10.0 Å². The van der Waals surface area contributed by atoms with Gasteiger partial charge in [0.05, 0.1) is 0 Å². The number of rotatable bonds is 9. The number of aromatic amines is 1. The standard InChI is InChI=1S/C28H36ClN3O2/c1-6-9-21(26-22-10-7-8-11-24(22)30-27(26)28(2,3)4)18-32(5)17-20-14-12-19(16-23(20)29)13-15-25(33)31-34/h7-8,10-16,21,30,34H,6,9,17-18H2,1-5H3,(H,31,33)/b15-13+. The van der Waals surface area contributed by atoms with E-state index in [0.717, 1.165) is 37.1 Å². The third-order valence-electron chi connectivity index (χ3n) is 6.13. The van der Waals surface area contributed by atoms with Gasteiger partial charge in [0.25, 0.3) is 5.91 Å². The van der Waals surface area contributed by atoms with Crippen molar-refractivity contribution in [2.45, 2.75) is 58.4 Å². The first kappa shape index (κ1) is 26.0. The highest BCUT2D eigenvalue weighted by molar-refractivity contribution is 6.31. The lowest BCUT2D eigenvalue weighted by Gasteiger charge is -2.28. The van der Waals surface area contributed by atoms with Crippen LogP contribution in [-0.4, -0.2) is 34.6 Å². The molecule has 1 unspecified atom stereocenters. The van der Waals surface area contributed by atoms with Gasteiger partial charge in [0, 0.05) is 46.2 Å². The van der Waals surface area contributed by atoms with Gasteiger partial charge in [-0.05, 0) is 54.3 Å². The number of hydrogen-bond donors (Lipinski definition) is 3. The lowest BCUT2D eigenvalue weighted by atomic mass is 9.82. The van der Waals surface area contributed by atoms with Gasteiger partial charge in [-0.2, -0.15) is 0 Å². The number of nitrogens with zero attached hydrogens (tertiary/aromatic N) is 1. The van der Waals surface area contributed by atoms with E-state index in [0.29, 0.717) is 10.9 Å². The van der Waals surface area contributed by atoms with Crippen LogP contribution in [0, 0.1) is 0 Å². The van der Waals surface area contributed by atoms with Gasteiger partial charge in [0.2, 0.25) is 0 Å². The molecule has 182 valence electrons. The molecule has 6 heteroatoms. The fraction of sp³-hybridized carbons (Fsp3) is 0.393. The van der Waals surface area contributed by atoms with E-state index in [2.05, 4.69) is 68.9 Å². The van der Waals surface area contributed by atoms with Crippen molar-refractivity contribution in [3.05, 3.63) is 75.9 Å². The molecule has 0 saturated heterocycles. The fourth-order valence-electron chi connectivity index (χ4n) is 4.59. The zero-order valence-electron chi connectivity index (χ0n) is 20.8. The molecule has 2 aromatic carbocycles. The Hall–Kier alpha value is -2.60. The van der Waals surface area contributed by atoms with E-state index in [4.69, 9.17) is 16.8 Å². The number of amides is 1. The molecule has 0 bridgehead atoms. The molecular formula is C28H36ClN3O2. The molecular weight excluding hydrogens is 446 g/mol. The molecule has 3 N–H and O–H groups in total. The van der Waals surface area contributed by atoms with Gasteiger partial charge in [0.15, 0.2) is 0 Å². The molecule has 0 radical (unpaired) electrons. The van der Waals surface area contributed by atoms with Crippen LogP contribution in [0.5, 0.6) is 0 Å². The zero-order chi connectivity index (χ0) is 24.9. The molecule has 3 aromatic rings. The number of para-hydroxylation sites is 1. The number of hydroxylamine groups is 1. The monoisotopic (exact) mass is 481 g/mol. The molecule has 0 aliphatic heterocycles. The van der Waals surface area contributed by atoms with Crippen LogP contribution in [0.3, 0.4) is 0 Å². The first-order valence-electron chi connectivity index (χ1n) is 11.8. The van der Waals surface area contributed by atoms with Gasteiger partial charge >= 0.3 is 0 Å². The molecule has 1 amide bonds. The molecule has 0 aliphatic carbocycles. The average Bonchev–Trinajstić information content (AvgIpc) is 3.19. The third-order valence-corrected chi connectivity index (χ3v) is 6.48. The molecule has 0 aliphatic rings. The maximum absolute atomic E-state index is 11.2. The minimum Gasteiger partial charge on any atom is -0.358 e. The summed E-state index contributed by atoms with van der Waals surface area (Å²) in [6.45, 7) is 10.7. The summed E-state index contributed by atoms with van der Waals surface area (Å²) < 4.78 is 0. The Balaban J connectivity index is 1.84. The van der Waals surface area contributed by atoms with Crippen molar-refractivity contribution in [1.29, 1.82) is 0 Å². The van der Waals surface area contributed by atoms with Crippen molar-refractivity contribution in [2.75, 3.05) is 13.6 Å². The molecule has 5 nitrogen and oxygen atoms in total. The number of fused-ring (bicyclic) bond motifs is 1. The second-order valence-corrected chi connectivity index (χ2v) is 10.5. The maximum atomic E-state index is 11.2. The van der Waals surface area contributed by atoms with Crippen molar-refractivity contribution < 1.29 is 10.0 Å². The Bertz CT molecular complexity index is 1160. The van der Waals surface area contributed by atoms with E-state index in [1.807, 2.05) is 18.2 Å². The van der Waals surface area contributed by atoms with Gasteiger partial charge in [0.1, 0.15) is 0 Å². The average molecular weight is 482 g/mol. The topological polar surface area (TPSA) is 68.4 Å². The highest BCUT2D eigenvalue weighted by atomic mass is 35.5. The van der Waals surface area contributed by atoms with E-state index < -0.39 is 5.91 Å². The van der Waals surface area contributed by atoms with Crippen molar-refractivity contribution >= 4 is 34.5 Å². The third kappa shape index (κ3) is 6.29. The van der Waals surface area contributed by atoms with Gasteiger partial charge < -0.3 is 9.88 Å². The molecule has 0 fully saturated rings. The number of carbonyl (C=O) groups excluding carboxylic acids is 1. The van der Waals surface area contributed by atoms with Crippen LogP contribution in [0.4, 0.5) is 0 Å². The largest absolute Gasteiger partial charge is 0.358 e. The summed E-state index contributed by atoms with van der Waals surface area (Å²) >= 11 is 6.57. The quantitative estimate of drug-likeness (QED) is 0.182. The second kappa shape index (κ2) is 11.2. The van der Waals surface area contributed by atoms with E-state index in [1.165, 1.54) is 28.2 Å². The minimum absolute atomic E-state index is 0.0263. The first-order chi connectivity index (χ1) is 16.1. The second-order valence-electron chi connectivity index (χ2n) is 10.1. The summed E-state index contributed by atoms with van der Waals surface area (Å²) in [6, 6.07) is 14.4. The van der Waals surface area contributed by atoms with E-state index in [9.17, 15) is 4.79 Å². The summed E-state index contributed by atoms with van der Waals surface area (Å²) in [5.41, 5.74) is 7.41. The van der Waals surface area contributed by atoms with Crippen LogP contribution in [0.15, 0.2) is 48.5 Å². The van der Waals surface area contributed by atoms with Crippen LogP contribution in [0.1, 0.15) is 68.8 Å². The number of H-pyrrole nitrogens is 1. The number of nitrogens with one attached hydrogen (secondary N) is 2. The molecule has 1 heterocycles. The SMILES string of the molecule is CCCC(CN(C)Cc1ccc(/C=C/C(=O)NO)cc1Cl)c1c(C(C)(C)C)[nH]c2ccccc12. The maximum Gasteiger partial charge on any atom is 0.267 e. The van der Waals surface area contributed by atoms with Crippen LogP contribution < -0.4 is 5.48 Å². The summed E-state index contributed by atoms with van der Waals surface area (Å²) in [5.74, 6) is -0.174. The minimum atomic E-state index is -0.575. The molecule has 3 rings (SSSR count). The fourth-order valence-corrected chi connectivity index (χ4v) is 4.84. The van der Waals surface area contributed by atoms with Gasteiger partial charge in [-0.1, -0.05) is 76.0 Å². The predicted octanol–water partition coefficient (Wildman–Crippen LogP) is 6.65. The van der Waals surface area contributed by atoms with Crippen LogP contribution in [-0.2, 0) is 16.8 Å². The van der Waals surface area contributed by atoms with Crippen LogP contribution in [0.25, 0.3) is 17.0 Å². The number of aromatic nitrogens is 1. The van der Waals surface area contributed by atoms with Crippen LogP contribution in [0.2, 0.25) is 5.02 Å². The van der Waals surface area contributed by atoms with Crippen molar-refractivity contribution in [2.24, 2.45) is 0 Å². The van der Waals surface area contributed by atoms with E-state index >= 15 is 0 Å². The van der Waals surface area contributed by atoms with Gasteiger partial charge in [-0.15, -0.1) is 0 Å². The summed E-state index contributed by atoms with van der Waals surface area (Å²) in [7, 11) is 2.14. The van der Waals surface area contributed by atoms with Gasteiger partial charge in [-0.25, -0.2) is 5.48 Å². The van der Waals surface area contributed by atoms with Crippen molar-refractivity contribution in [3.63, 3.8) is 0 Å². The van der Waals surface area contributed by atoms with E-state index in [1.54, 1.807) is 11.6 Å². The Labute approximate surface area is 207 Å². The number of halogens is 1. The lowest BCUT2D eigenvalue weighted by molar-refractivity contribution is -0.124. The highest BCUT2D eigenvalue weighted by Crippen LogP contribution is 2.38. The first-order valence-corrected chi connectivity index (χ1v) is 12.2. The smallest absolute Gasteiger partial charge is 0.267 e. The number of likely N-dealkylation sites (N-methyl/N-ethyl adjacent to an activating group) is 1. The summed E-state index contributed by atoms with van der Waals surface area (Å²) in [4.78, 5) is 17.3. The zero-order valence-corrected chi connectivity index (χ0v) is 21.5. The predicted molar refractivity (Wildman–Crippen MR) is 141 cm³/mol. The van der Waals surface area contributed by atoms with Crippen molar-refractivity contribution in [1.82, 2.24) is 15.4 Å². The molecule has 1 atom stereocenters. The Morgan fingerprint density at radius 1 is 1.24 bits per heavy atom. The normalized spacial score (nSPS) is 13.2. The number of benzene rings is 2. The van der Waals surface area contributed by atoms with Crippen LogP contribution >= 0.6 is 11.6 Å². The molecule has 34 heavy (non-hydrogen) atoms. The number of hydrogen-bond acceptors (Lipinski definition) is 3. The Morgan fingerprint density at radius 3 is 2.62 bits per heavy atom. The molecule has 0 spiro atoms. The number of carbonyl (C=O) groups is 1. The van der Waals surface area contributed by atoms with Crippen molar-refractivity contribution in [3.8, 4) is 0 Å². The molecule has 0 saturated carbocycles.